The molecule has 1 aromatic rings. The summed E-state index contributed by atoms with van der Waals surface area (Å²) in [5, 5.41) is 6.49. The molecule has 25 heavy (non-hydrogen) atoms. The van der Waals surface area contributed by atoms with Gasteiger partial charge in [0.2, 0.25) is 5.91 Å². The van der Waals surface area contributed by atoms with E-state index >= 15 is 0 Å². The van der Waals surface area contributed by atoms with Crippen molar-refractivity contribution in [2.24, 2.45) is 4.40 Å². The van der Waals surface area contributed by atoms with Crippen LogP contribution < -0.4 is 15.4 Å². The van der Waals surface area contributed by atoms with Gasteiger partial charge in [0.15, 0.2) is 0 Å². The Balaban J connectivity index is 1.79. The van der Waals surface area contributed by atoms with Crippen LogP contribution in [-0.4, -0.2) is 25.6 Å². The van der Waals surface area contributed by atoms with Crippen molar-refractivity contribution in [2.75, 3.05) is 5.32 Å². The molecule has 134 valence electrons. The molecule has 7 nitrogen and oxygen atoms in total. The van der Waals surface area contributed by atoms with Crippen LogP contribution in [0.4, 0.5) is 5.69 Å². The minimum Gasteiger partial charge on any atom is -0.377 e. The molecule has 0 spiro atoms. The lowest BCUT2D eigenvalue weighted by atomic mass is 9.93. The van der Waals surface area contributed by atoms with E-state index in [1.54, 1.807) is 13.8 Å². The molecule has 3 N–H and O–H groups in total. The highest BCUT2D eigenvalue weighted by molar-refractivity contribution is 7.88. The average Bonchev–Trinajstić information content (AvgIpc) is 2.73. The summed E-state index contributed by atoms with van der Waals surface area (Å²) in [6.07, 6.45) is 0.0679. The van der Waals surface area contributed by atoms with E-state index in [4.69, 9.17) is 0 Å². The highest BCUT2D eigenvalue weighted by atomic mass is 32.2. The van der Waals surface area contributed by atoms with Gasteiger partial charge in [0.25, 0.3) is 0 Å². The van der Waals surface area contributed by atoms with Crippen molar-refractivity contribution in [3.63, 3.8) is 0 Å². The van der Waals surface area contributed by atoms with Crippen LogP contribution in [0.3, 0.4) is 0 Å². The smallest absolute Gasteiger partial charge is 0.342 e. The van der Waals surface area contributed by atoms with E-state index in [0.29, 0.717) is 17.0 Å². The number of para-hydroxylation sites is 1. The molecule has 0 bridgehead atoms. The first-order valence-electron chi connectivity index (χ1n) is 8.05. The largest absolute Gasteiger partial charge is 0.377 e. The number of carbonyl (C=O) groups excluding carboxylic acids is 1. The Morgan fingerprint density at radius 2 is 1.96 bits per heavy atom. The van der Waals surface area contributed by atoms with Crippen LogP contribution in [0.2, 0.25) is 0 Å². The molecule has 0 saturated heterocycles. The van der Waals surface area contributed by atoms with Crippen molar-refractivity contribution in [3.05, 3.63) is 41.1 Å². The van der Waals surface area contributed by atoms with Gasteiger partial charge < -0.3 is 10.6 Å². The Bertz CT molecular complexity index is 900. The molecule has 0 aromatic heterocycles. The van der Waals surface area contributed by atoms with Crippen LogP contribution in [0, 0.1) is 0 Å². The van der Waals surface area contributed by atoms with Gasteiger partial charge in [-0.1, -0.05) is 18.2 Å². The van der Waals surface area contributed by atoms with Gasteiger partial charge >= 0.3 is 10.2 Å². The summed E-state index contributed by atoms with van der Waals surface area (Å²) in [7, 11) is -3.69. The minimum atomic E-state index is -3.69. The van der Waals surface area contributed by atoms with E-state index in [1.165, 1.54) is 0 Å². The van der Waals surface area contributed by atoms with Gasteiger partial charge in [-0.2, -0.15) is 8.42 Å². The predicted molar refractivity (Wildman–Crippen MR) is 97.5 cm³/mol. The third-order valence-corrected chi connectivity index (χ3v) is 5.60. The Morgan fingerprint density at radius 1 is 1.28 bits per heavy atom. The fraction of sp³-hybridized carbons (Fsp3) is 0.412. The van der Waals surface area contributed by atoms with Crippen LogP contribution in [0.25, 0.3) is 0 Å². The van der Waals surface area contributed by atoms with Gasteiger partial charge in [-0.25, -0.2) is 0 Å². The Morgan fingerprint density at radius 3 is 2.64 bits per heavy atom. The Labute approximate surface area is 147 Å². The van der Waals surface area contributed by atoms with E-state index < -0.39 is 10.2 Å². The van der Waals surface area contributed by atoms with Crippen LogP contribution in [-0.2, 0) is 15.0 Å². The molecule has 0 saturated carbocycles. The van der Waals surface area contributed by atoms with Crippen LogP contribution in [0.1, 0.15) is 45.7 Å². The molecule has 1 amide bonds. The zero-order valence-corrected chi connectivity index (χ0v) is 15.5. The number of nitrogens with one attached hydrogen (secondary N) is 3. The van der Waals surface area contributed by atoms with Crippen LogP contribution >= 0.6 is 0 Å². The molecule has 2 aliphatic rings. The third-order valence-electron chi connectivity index (χ3n) is 4.52. The number of allylic oxidation sites excluding steroid dienone is 1. The molecular weight excluding hydrogens is 340 g/mol. The van der Waals surface area contributed by atoms with Crippen molar-refractivity contribution in [2.45, 2.75) is 45.7 Å². The number of fused-ring (bicyclic) bond motifs is 1. The highest BCUT2D eigenvalue weighted by Crippen LogP contribution is 2.40. The summed E-state index contributed by atoms with van der Waals surface area (Å²) >= 11 is 0. The summed E-state index contributed by atoms with van der Waals surface area (Å²) in [6.45, 7) is 7.30. The molecule has 3 rings (SSSR count). The Kier molecular flexibility index (Phi) is 4.10. The number of hydrogen-bond acceptors (Lipinski definition) is 4. The molecule has 2 aliphatic heterocycles. The minimum absolute atomic E-state index is 0.0679. The zero-order valence-electron chi connectivity index (χ0n) is 14.7. The van der Waals surface area contributed by atoms with E-state index in [1.807, 2.05) is 38.1 Å². The Hall–Kier alpha value is -2.35. The van der Waals surface area contributed by atoms with Gasteiger partial charge in [-0.05, 0) is 39.3 Å². The average molecular weight is 362 g/mol. The summed E-state index contributed by atoms with van der Waals surface area (Å²) in [4.78, 5) is 12.6. The molecular formula is C17H22N4O3S. The lowest BCUT2D eigenvalue weighted by Gasteiger charge is -2.29. The van der Waals surface area contributed by atoms with E-state index in [2.05, 4.69) is 19.8 Å². The first-order chi connectivity index (χ1) is 11.6. The van der Waals surface area contributed by atoms with Crippen LogP contribution in [0.15, 0.2) is 39.9 Å². The number of benzene rings is 1. The quantitative estimate of drug-likeness (QED) is 0.766. The number of amides is 1. The first-order valence-corrected chi connectivity index (χ1v) is 9.49. The SMILES string of the molecule is CC1=NS(=O)(=O)NC(C)=C1CC(=O)NC1c2ccccc2NC1(C)C. The number of rotatable bonds is 3. The molecule has 0 aliphatic carbocycles. The molecule has 1 atom stereocenters. The van der Waals surface area contributed by atoms with Gasteiger partial charge in [0.1, 0.15) is 0 Å². The fourth-order valence-corrected chi connectivity index (χ4v) is 4.37. The normalized spacial score (nSPS) is 23.2. The lowest BCUT2D eigenvalue weighted by molar-refractivity contribution is -0.121. The molecule has 0 radical (unpaired) electrons. The number of anilines is 1. The van der Waals surface area contributed by atoms with E-state index in [-0.39, 0.29) is 23.9 Å². The predicted octanol–water partition coefficient (Wildman–Crippen LogP) is 2.02. The van der Waals surface area contributed by atoms with Crippen molar-refractivity contribution in [1.29, 1.82) is 0 Å². The van der Waals surface area contributed by atoms with Crippen molar-refractivity contribution in [3.8, 4) is 0 Å². The summed E-state index contributed by atoms with van der Waals surface area (Å²) in [5.74, 6) is -0.179. The molecule has 1 unspecified atom stereocenters. The number of hydrogen-bond donors (Lipinski definition) is 3. The molecule has 8 heteroatoms. The maximum absolute atomic E-state index is 12.6. The second kappa shape index (κ2) is 5.87. The van der Waals surface area contributed by atoms with Gasteiger partial charge in [0.05, 0.1) is 23.7 Å². The lowest BCUT2D eigenvalue weighted by Crippen LogP contribution is -2.43. The van der Waals surface area contributed by atoms with Crippen molar-refractivity contribution in [1.82, 2.24) is 10.0 Å². The van der Waals surface area contributed by atoms with Crippen molar-refractivity contribution >= 4 is 27.5 Å². The fourth-order valence-electron chi connectivity index (χ4n) is 3.35. The molecule has 0 fully saturated rings. The second-order valence-electron chi connectivity index (χ2n) is 6.97. The standard InChI is InChI=1S/C17H22N4O3S/c1-10-13(11(2)21-25(23,24)20-10)9-15(22)18-16-12-7-5-6-8-14(12)19-17(16,3)4/h5-8,16,19-20H,9H2,1-4H3,(H,18,22). The summed E-state index contributed by atoms with van der Waals surface area (Å²) in [5.41, 5.74) is 3.12. The van der Waals surface area contributed by atoms with Crippen LogP contribution in [0.5, 0.6) is 0 Å². The molecule has 2 heterocycles. The topological polar surface area (TPSA) is 99.7 Å². The van der Waals surface area contributed by atoms with Gasteiger partial charge in [0, 0.05) is 17.0 Å². The second-order valence-corrected chi connectivity index (χ2v) is 8.31. The zero-order chi connectivity index (χ0) is 18.4. The third kappa shape index (κ3) is 3.39. The molecule has 1 aromatic carbocycles. The number of nitrogens with zero attached hydrogens (tertiary/aromatic N) is 1. The maximum atomic E-state index is 12.6. The van der Waals surface area contributed by atoms with Crippen molar-refractivity contribution < 1.29 is 13.2 Å². The van der Waals surface area contributed by atoms with Gasteiger partial charge in [-0.3, -0.25) is 9.52 Å². The highest BCUT2D eigenvalue weighted by Gasteiger charge is 2.39. The first kappa shape index (κ1) is 17.5. The summed E-state index contributed by atoms with van der Waals surface area (Å²) < 4.78 is 29.1. The van der Waals surface area contributed by atoms with E-state index in [9.17, 15) is 13.2 Å². The number of carbonyl (C=O) groups is 1. The van der Waals surface area contributed by atoms with Gasteiger partial charge in [-0.15, -0.1) is 4.40 Å². The summed E-state index contributed by atoms with van der Waals surface area (Å²) in [6, 6.07) is 7.71. The maximum Gasteiger partial charge on any atom is 0.342 e. The monoisotopic (exact) mass is 362 g/mol. The van der Waals surface area contributed by atoms with E-state index in [0.717, 1.165) is 11.3 Å².